The Balaban J connectivity index is 2.07. The number of halogens is 2. The van der Waals surface area contributed by atoms with Gasteiger partial charge in [-0.3, -0.25) is 9.59 Å². The molecule has 0 saturated heterocycles. The fourth-order valence-electron chi connectivity index (χ4n) is 2.61. The topological polar surface area (TPSA) is 89.0 Å². The Morgan fingerprint density at radius 2 is 1.80 bits per heavy atom. The van der Waals surface area contributed by atoms with Crippen LogP contribution in [0.5, 0.6) is 11.5 Å². The highest BCUT2D eigenvalue weighted by Gasteiger charge is 2.24. The zero-order valence-corrected chi connectivity index (χ0v) is 19.4. The molecule has 7 nitrogen and oxygen atoms in total. The van der Waals surface area contributed by atoms with Gasteiger partial charge >= 0.3 is 0 Å². The van der Waals surface area contributed by atoms with E-state index in [0.29, 0.717) is 32.1 Å². The second-order valence-corrected chi connectivity index (χ2v) is 7.97. The molecule has 2 aromatic rings. The molecule has 160 valence electrons. The van der Waals surface area contributed by atoms with Crippen LogP contribution in [0.4, 0.5) is 0 Å². The van der Waals surface area contributed by atoms with Crippen molar-refractivity contribution in [3.8, 4) is 11.5 Å². The molecule has 2 rings (SSSR count). The van der Waals surface area contributed by atoms with E-state index in [1.165, 1.54) is 13.3 Å². The van der Waals surface area contributed by atoms with Gasteiger partial charge in [-0.2, -0.15) is 5.10 Å². The first-order valence-corrected chi connectivity index (χ1v) is 10.2. The highest BCUT2D eigenvalue weighted by molar-refractivity contribution is 9.10. The van der Waals surface area contributed by atoms with Crippen molar-refractivity contribution in [2.75, 3.05) is 14.2 Å². The molecule has 0 spiro atoms. The molecule has 30 heavy (non-hydrogen) atoms. The zero-order chi connectivity index (χ0) is 22.3. The monoisotopic (exact) mass is 495 g/mol. The highest BCUT2D eigenvalue weighted by atomic mass is 79.9. The SMILES string of the molecule is COc1cc(C=NNC(=O)C(NC(=O)c2ccc(Cl)cc2)C(C)C)cc(Br)c1OC. The lowest BCUT2D eigenvalue weighted by atomic mass is 10.0. The molecule has 1 unspecified atom stereocenters. The van der Waals surface area contributed by atoms with Crippen LogP contribution in [0.15, 0.2) is 46.0 Å². The van der Waals surface area contributed by atoms with Crippen LogP contribution in [0.2, 0.25) is 5.02 Å². The minimum absolute atomic E-state index is 0.147. The zero-order valence-electron chi connectivity index (χ0n) is 17.0. The van der Waals surface area contributed by atoms with Crippen molar-refractivity contribution >= 4 is 45.6 Å². The quantitative estimate of drug-likeness (QED) is 0.427. The number of benzene rings is 2. The van der Waals surface area contributed by atoms with Crippen LogP contribution >= 0.6 is 27.5 Å². The molecule has 0 aliphatic rings. The second-order valence-electron chi connectivity index (χ2n) is 6.67. The fraction of sp³-hybridized carbons (Fsp3) is 0.286. The van der Waals surface area contributed by atoms with E-state index >= 15 is 0 Å². The van der Waals surface area contributed by atoms with Crippen molar-refractivity contribution in [1.29, 1.82) is 0 Å². The summed E-state index contributed by atoms with van der Waals surface area (Å²) in [6.45, 7) is 3.67. The number of hydrogen-bond acceptors (Lipinski definition) is 5. The summed E-state index contributed by atoms with van der Waals surface area (Å²) < 4.78 is 11.2. The van der Waals surface area contributed by atoms with E-state index in [1.54, 1.807) is 43.5 Å². The predicted molar refractivity (Wildman–Crippen MR) is 121 cm³/mol. The summed E-state index contributed by atoms with van der Waals surface area (Å²) in [6, 6.07) is 9.17. The van der Waals surface area contributed by atoms with Gasteiger partial charge in [-0.15, -0.1) is 0 Å². The average Bonchev–Trinajstić information content (AvgIpc) is 2.71. The Morgan fingerprint density at radius 3 is 2.37 bits per heavy atom. The van der Waals surface area contributed by atoms with E-state index in [-0.39, 0.29) is 11.8 Å². The van der Waals surface area contributed by atoms with Gasteiger partial charge in [0, 0.05) is 10.6 Å². The lowest BCUT2D eigenvalue weighted by Crippen LogP contribution is -2.48. The summed E-state index contributed by atoms with van der Waals surface area (Å²) in [7, 11) is 3.07. The third-order valence-electron chi connectivity index (χ3n) is 4.19. The normalized spacial score (nSPS) is 12.0. The van der Waals surface area contributed by atoms with Crippen molar-refractivity contribution in [3.05, 3.63) is 57.0 Å². The maximum Gasteiger partial charge on any atom is 0.262 e. The van der Waals surface area contributed by atoms with E-state index in [2.05, 4.69) is 31.8 Å². The first-order valence-electron chi connectivity index (χ1n) is 9.07. The lowest BCUT2D eigenvalue weighted by Gasteiger charge is -2.20. The maximum atomic E-state index is 12.6. The summed E-state index contributed by atoms with van der Waals surface area (Å²) in [4.78, 5) is 25.0. The molecule has 0 aliphatic heterocycles. The minimum atomic E-state index is -0.762. The van der Waals surface area contributed by atoms with Crippen molar-refractivity contribution in [3.63, 3.8) is 0 Å². The van der Waals surface area contributed by atoms with Gasteiger partial charge in [-0.1, -0.05) is 25.4 Å². The van der Waals surface area contributed by atoms with Gasteiger partial charge < -0.3 is 14.8 Å². The van der Waals surface area contributed by atoms with Gasteiger partial charge in [0.05, 0.1) is 24.9 Å². The van der Waals surface area contributed by atoms with Crippen LogP contribution in [0, 0.1) is 5.92 Å². The summed E-state index contributed by atoms with van der Waals surface area (Å²) in [6.07, 6.45) is 1.48. The van der Waals surface area contributed by atoms with Gasteiger partial charge in [0.1, 0.15) is 6.04 Å². The number of hydrogen-bond donors (Lipinski definition) is 2. The Hall–Kier alpha value is -2.58. The summed E-state index contributed by atoms with van der Waals surface area (Å²) in [5.74, 6) is 0.140. The molecule has 2 N–H and O–H groups in total. The molecule has 0 aromatic heterocycles. The van der Waals surface area contributed by atoms with Gasteiger partial charge in [-0.25, -0.2) is 5.43 Å². The molecule has 9 heteroatoms. The van der Waals surface area contributed by atoms with Gasteiger partial charge in [0.2, 0.25) is 0 Å². The number of carbonyl (C=O) groups is 2. The summed E-state index contributed by atoms with van der Waals surface area (Å²) in [5.41, 5.74) is 3.57. The Kier molecular flexibility index (Phi) is 8.68. The molecule has 0 fully saturated rings. The molecule has 0 aliphatic carbocycles. The van der Waals surface area contributed by atoms with Crippen LogP contribution in [0.1, 0.15) is 29.8 Å². The molecule has 1 atom stereocenters. The number of hydrazone groups is 1. The molecule has 2 amide bonds. The first kappa shape index (κ1) is 23.7. The van der Waals surface area contributed by atoms with Gasteiger partial charge in [-0.05, 0) is 63.8 Å². The van der Waals surface area contributed by atoms with Gasteiger partial charge in [0.15, 0.2) is 11.5 Å². The van der Waals surface area contributed by atoms with Crippen molar-refractivity contribution < 1.29 is 19.1 Å². The Labute approximate surface area is 188 Å². The van der Waals surface area contributed by atoms with E-state index in [0.717, 1.165) is 0 Å². The Bertz CT molecular complexity index is 933. The molecule has 0 heterocycles. The van der Waals surface area contributed by atoms with Crippen molar-refractivity contribution in [2.24, 2.45) is 11.0 Å². The number of nitrogens with one attached hydrogen (secondary N) is 2. The van der Waals surface area contributed by atoms with Gasteiger partial charge in [0.25, 0.3) is 11.8 Å². The second kappa shape index (κ2) is 11.0. The standard InChI is InChI=1S/C21H23BrClN3O4/c1-12(2)18(25-20(27)14-5-7-15(23)8-6-14)21(28)26-24-11-13-9-16(22)19(30-4)17(10-13)29-3/h5-12,18H,1-4H3,(H,25,27)(H,26,28). The van der Waals surface area contributed by atoms with E-state index < -0.39 is 11.9 Å². The molecule has 0 radical (unpaired) electrons. The number of nitrogens with zero attached hydrogens (tertiary/aromatic N) is 1. The van der Waals surface area contributed by atoms with Crippen LogP contribution < -0.4 is 20.2 Å². The smallest absolute Gasteiger partial charge is 0.262 e. The highest BCUT2D eigenvalue weighted by Crippen LogP contribution is 2.35. The van der Waals surface area contributed by atoms with Crippen LogP contribution in [0.3, 0.4) is 0 Å². The molecule has 2 aromatic carbocycles. The molecular weight excluding hydrogens is 474 g/mol. The number of rotatable bonds is 8. The van der Waals surface area contributed by atoms with E-state index in [1.807, 2.05) is 13.8 Å². The van der Waals surface area contributed by atoms with E-state index in [9.17, 15) is 9.59 Å². The third kappa shape index (κ3) is 6.21. The van der Waals surface area contributed by atoms with Crippen LogP contribution in [0.25, 0.3) is 0 Å². The van der Waals surface area contributed by atoms with Crippen LogP contribution in [-0.2, 0) is 4.79 Å². The number of methoxy groups -OCH3 is 2. The third-order valence-corrected chi connectivity index (χ3v) is 5.03. The number of ether oxygens (including phenoxy) is 2. The molecular formula is C21H23BrClN3O4. The van der Waals surface area contributed by atoms with Crippen molar-refractivity contribution in [2.45, 2.75) is 19.9 Å². The van der Waals surface area contributed by atoms with Crippen molar-refractivity contribution in [1.82, 2.24) is 10.7 Å². The summed E-state index contributed by atoms with van der Waals surface area (Å²) >= 11 is 9.25. The molecule has 0 bridgehead atoms. The summed E-state index contributed by atoms with van der Waals surface area (Å²) in [5, 5.41) is 7.26. The number of carbonyl (C=O) groups excluding carboxylic acids is 2. The Morgan fingerprint density at radius 1 is 1.13 bits per heavy atom. The predicted octanol–water partition coefficient (Wildman–Crippen LogP) is 4.02. The first-order chi connectivity index (χ1) is 14.3. The van der Waals surface area contributed by atoms with E-state index in [4.69, 9.17) is 21.1 Å². The molecule has 0 saturated carbocycles. The fourth-order valence-corrected chi connectivity index (χ4v) is 3.36. The lowest BCUT2D eigenvalue weighted by molar-refractivity contribution is -0.123. The minimum Gasteiger partial charge on any atom is -0.493 e. The van der Waals surface area contributed by atoms with Crippen LogP contribution in [-0.4, -0.2) is 38.3 Å². The number of amides is 2. The largest absolute Gasteiger partial charge is 0.493 e. The average molecular weight is 497 g/mol. The maximum absolute atomic E-state index is 12.6.